The lowest BCUT2D eigenvalue weighted by atomic mass is 10.3. The molecule has 0 atom stereocenters. The summed E-state index contributed by atoms with van der Waals surface area (Å²) in [4.78, 5) is 11.0. The maximum Gasteiger partial charge on any atom is 0.240 e. The van der Waals surface area contributed by atoms with E-state index in [1.165, 1.54) is 35.5 Å². The van der Waals surface area contributed by atoms with Crippen LogP contribution in [0.1, 0.15) is 26.7 Å². The number of carbonyl (C=O) groups excluding carboxylic acids is 1. The van der Waals surface area contributed by atoms with Gasteiger partial charge in [0.25, 0.3) is 0 Å². The number of unbranched alkanes of at least 4 members (excludes halogenated alkanes) is 1. The summed E-state index contributed by atoms with van der Waals surface area (Å²) < 4.78 is 51.6. The second-order valence-corrected chi connectivity index (χ2v) is 9.37. The molecule has 0 heterocycles. The number of nitrogens with zero attached hydrogens (tertiary/aromatic N) is 1. The van der Waals surface area contributed by atoms with Gasteiger partial charge in [-0.3, -0.25) is 4.79 Å². The number of amides is 1. The minimum absolute atomic E-state index is 0.0213. The van der Waals surface area contributed by atoms with Crippen LogP contribution in [0.15, 0.2) is 29.2 Å². The molecule has 1 aromatic rings. The Hall–Kier alpha value is -1.49. The molecule has 0 aliphatic rings. The molecular weight excluding hydrogens is 366 g/mol. The maximum absolute atomic E-state index is 12.2. The van der Waals surface area contributed by atoms with Crippen molar-refractivity contribution in [1.29, 1.82) is 0 Å². The SMILES string of the molecule is CCCCN(CCNS(=O)(=O)c1ccc(NC(C)=O)cc1)S(C)(=O)=O. The van der Waals surface area contributed by atoms with Gasteiger partial charge in [-0.05, 0) is 30.7 Å². The summed E-state index contributed by atoms with van der Waals surface area (Å²) in [5.74, 6) is -0.248. The third-order valence-corrected chi connectivity index (χ3v) is 6.15. The van der Waals surface area contributed by atoms with Crippen molar-refractivity contribution in [3.63, 3.8) is 0 Å². The lowest BCUT2D eigenvalue weighted by molar-refractivity contribution is -0.114. The van der Waals surface area contributed by atoms with E-state index in [1.807, 2.05) is 6.92 Å². The van der Waals surface area contributed by atoms with Crippen LogP contribution in [0.4, 0.5) is 5.69 Å². The molecule has 0 aliphatic heterocycles. The molecule has 0 unspecified atom stereocenters. The summed E-state index contributed by atoms with van der Waals surface area (Å²) in [5.41, 5.74) is 0.495. The predicted molar refractivity (Wildman–Crippen MR) is 97.3 cm³/mol. The lowest BCUT2D eigenvalue weighted by Crippen LogP contribution is -2.38. The van der Waals surface area contributed by atoms with Gasteiger partial charge in [0.1, 0.15) is 0 Å². The van der Waals surface area contributed by atoms with Gasteiger partial charge in [-0.25, -0.2) is 25.9 Å². The van der Waals surface area contributed by atoms with Crippen LogP contribution in [0.3, 0.4) is 0 Å². The van der Waals surface area contributed by atoms with Crippen molar-refractivity contribution in [2.75, 3.05) is 31.2 Å². The zero-order valence-electron chi connectivity index (χ0n) is 14.6. The molecular formula is C15H25N3O5S2. The second-order valence-electron chi connectivity index (χ2n) is 5.62. The predicted octanol–water partition coefficient (Wildman–Crippen LogP) is 0.985. The highest BCUT2D eigenvalue weighted by Gasteiger charge is 2.18. The van der Waals surface area contributed by atoms with Crippen LogP contribution in [0.2, 0.25) is 0 Å². The molecule has 1 aromatic carbocycles. The van der Waals surface area contributed by atoms with Gasteiger partial charge in [0, 0.05) is 32.2 Å². The molecule has 0 saturated carbocycles. The van der Waals surface area contributed by atoms with Gasteiger partial charge in [0.05, 0.1) is 11.2 Å². The number of rotatable bonds is 10. The highest BCUT2D eigenvalue weighted by atomic mass is 32.2. The van der Waals surface area contributed by atoms with Gasteiger partial charge in [-0.15, -0.1) is 0 Å². The van der Waals surface area contributed by atoms with Crippen LogP contribution in [0, 0.1) is 0 Å². The van der Waals surface area contributed by atoms with Crippen molar-refractivity contribution in [2.24, 2.45) is 0 Å². The van der Waals surface area contributed by atoms with E-state index in [2.05, 4.69) is 10.0 Å². The molecule has 25 heavy (non-hydrogen) atoms. The van der Waals surface area contributed by atoms with E-state index in [-0.39, 0.29) is 23.9 Å². The van der Waals surface area contributed by atoms with Crippen molar-refractivity contribution >= 4 is 31.6 Å². The summed E-state index contributed by atoms with van der Waals surface area (Å²) in [7, 11) is -7.13. The van der Waals surface area contributed by atoms with Crippen molar-refractivity contribution in [2.45, 2.75) is 31.6 Å². The molecule has 0 saturated heterocycles. The quantitative estimate of drug-likeness (QED) is 0.617. The van der Waals surface area contributed by atoms with Crippen LogP contribution in [-0.4, -0.2) is 52.9 Å². The van der Waals surface area contributed by atoms with Crippen LogP contribution >= 0.6 is 0 Å². The van der Waals surface area contributed by atoms with E-state index in [9.17, 15) is 21.6 Å². The molecule has 0 fully saturated rings. The molecule has 8 nitrogen and oxygen atoms in total. The Labute approximate surface area is 149 Å². The third-order valence-electron chi connectivity index (χ3n) is 3.37. The smallest absolute Gasteiger partial charge is 0.240 e. The van der Waals surface area contributed by atoms with Crippen LogP contribution in [-0.2, 0) is 24.8 Å². The zero-order chi connectivity index (χ0) is 19.1. The molecule has 142 valence electrons. The van der Waals surface area contributed by atoms with Gasteiger partial charge < -0.3 is 5.32 Å². The molecule has 0 bridgehead atoms. The standard InChI is InChI=1S/C15H25N3O5S2/c1-4-5-11-18(24(3,20)21)12-10-16-25(22,23)15-8-6-14(7-9-15)17-13(2)19/h6-9,16H,4-5,10-12H2,1-3H3,(H,17,19). The number of hydrogen-bond donors (Lipinski definition) is 2. The Bertz CT molecular complexity index is 774. The fraction of sp³-hybridized carbons (Fsp3) is 0.533. The van der Waals surface area contributed by atoms with Crippen LogP contribution < -0.4 is 10.0 Å². The van der Waals surface area contributed by atoms with Crippen LogP contribution in [0.25, 0.3) is 0 Å². The molecule has 1 rings (SSSR count). The molecule has 0 aromatic heterocycles. The number of sulfonamides is 2. The first kappa shape index (κ1) is 21.6. The average molecular weight is 392 g/mol. The van der Waals surface area contributed by atoms with E-state index in [4.69, 9.17) is 0 Å². The summed E-state index contributed by atoms with van der Waals surface area (Å²) in [6, 6.07) is 5.72. The zero-order valence-corrected chi connectivity index (χ0v) is 16.3. The van der Waals surface area contributed by atoms with Gasteiger partial charge in [-0.2, -0.15) is 0 Å². The van der Waals surface area contributed by atoms with Crippen molar-refractivity contribution in [1.82, 2.24) is 9.03 Å². The third kappa shape index (κ3) is 7.51. The highest BCUT2D eigenvalue weighted by Crippen LogP contribution is 2.14. The minimum atomic E-state index is -3.75. The first-order chi connectivity index (χ1) is 11.6. The molecule has 2 N–H and O–H groups in total. The fourth-order valence-corrected chi connectivity index (χ4v) is 3.99. The van der Waals surface area contributed by atoms with E-state index in [0.29, 0.717) is 18.7 Å². The lowest BCUT2D eigenvalue weighted by Gasteiger charge is -2.19. The van der Waals surface area contributed by atoms with Crippen molar-refractivity contribution in [3.8, 4) is 0 Å². The molecule has 10 heteroatoms. The summed E-state index contributed by atoms with van der Waals surface area (Å²) in [5, 5.41) is 2.55. The summed E-state index contributed by atoms with van der Waals surface area (Å²) >= 11 is 0. The first-order valence-corrected chi connectivity index (χ1v) is 11.2. The number of benzene rings is 1. The maximum atomic E-state index is 12.2. The first-order valence-electron chi connectivity index (χ1n) is 7.88. The minimum Gasteiger partial charge on any atom is -0.326 e. The summed E-state index contributed by atoms with van der Waals surface area (Å²) in [6.07, 6.45) is 2.67. The van der Waals surface area contributed by atoms with Gasteiger partial charge in [-0.1, -0.05) is 13.3 Å². The number of hydrogen-bond acceptors (Lipinski definition) is 5. The number of carbonyl (C=O) groups is 1. The molecule has 0 aliphatic carbocycles. The summed E-state index contributed by atoms with van der Waals surface area (Å²) in [6.45, 7) is 3.73. The van der Waals surface area contributed by atoms with Crippen LogP contribution in [0.5, 0.6) is 0 Å². The molecule has 1 amide bonds. The Morgan fingerprint density at radius 1 is 1.08 bits per heavy atom. The van der Waals surface area contributed by atoms with Gasteiger partial charge in [0.2, 0.25) is 26.0 Å². The van der Waals surface area contributed by atoms with Crippen molar-refractivity contribution in [3.05, 3.63) is 24.3 Å². The van der Waals surface area contributed by atoms with Crippen molar-refractivity contribution < 1.29 is 21.6 Å². The average Bonchev–Trinajstić information content (AvgIpc) is 2.49. The molecule has 0 radical (unpaired) electrons. The normalized spacial score (nSPS) is 12.3. The number of anilines is 1. The Morgan fingerprint density at radius 3 is 2.16 bits per heavy atom. The topological polar surface area (TPSA) is 113 Å². The molecule has 0 spiro atoms. The fourth-order valence-electron chi connectivity index (χ4n) is 2.09. The number of nitrogens with one attached hydrogen (secondary N) is 2. The Kier molecular flexibility index (Phi) is 8.00. The van der Waals surface area contributed by atoms with E-state index in [0.717, 1.165) is 12.7 Å². The monoisotopic (exact) mass is 391 g/mol. The second kappa shape index (κ2) is 9.27. The van der Waals surface area contributed by atoms with E-state index in [1.54, 1.807) is 0 Å². The largest absolute Gasteiger partial charge is 0.326 e. The van der Waals surface area contributed by atoms with E-state index < -0.39 is 20.0 Å². The van der Waals surface area contributed by atoms with Gasteiger partial charge in [0.15, 0.2) is 0 Å². The Balaban J connectivity index is 2.69. The van der Waals surface area contributed by atoms with Gasteiger partial charge >= 0.3 is 0 Å². The Morgan fingerprint density at radius 2 is 1.68 bits per heavy atom. The van der Waals surface area contributed by atoms with E-state index >= 15 is 0 Å². The highest BCUT2D eigenvalue weighted by molar-refractivity contribution is 7.89.